The van der Waals surface area contributed by atoms with Gasteiger partial charge in [0.25, 0.3) is 0 Å². The van der Waals surface area contributed by atoms with Crippen LogP contribution < -0.4 is 4.12 Å². The third kappa shape index (κ3) is 3.36. The second kappa shape index (κ2) is 6.89. The molecule has 25 heavy (non-hydrogen) atoms. The Hall–Kier alpha value is -1.70. The molecule has 1 heteroatoms. The van der Waals surface area contributed by atoms with E-state index in [2.05, 4.69) is 84.0 Å². The standard InChI is InChI=1S/C24H25.Ga/c1-15-10-17(3)23(18(4)11-15)21-8-7-9-22(14-21)24-19(5)12-16(2)13-20(24)6;/h7-13H,1-6H3;. The summed E-state index contributed by atoms with van der Waals surface area (Å²) in [6, 6.07) is 16.0. The molecular weight excluding hydrogens is 358 g/mol. The molecule has 124 valence electrons. The zero-order chi connectivity index (χ0) is 18.3. The summed E-state index contributed by atoms with van der Waals surface area (Å²) in [6.45, 7) is 13.3. The van der Waals surface area contributed by atoms with Gasteiger partial charge in [-0.3, -0.25) is 0 Å². The Labute approximate surface area is 162 Å². The molecule has 0 aliphatic heterocycles. The SMILES string of the molecule is Cc1cc(C)c(-c2cccc(-c3c(C)cc(C)cc3C)[c]2[Ga])c(C)c1. The van der Waals surface area contributed by atoms with Crippen LogP contribution in [0.4, 0.5) is 0 Å². The quantitative estimate of drug-likeness (QED) is 0.501. The Kier molecular flexibility index (Phi) is 4.99. The van der Waals surface area contributed by atoms with E-state index in [0.717, 1.165) is 0 Å². The second-order valence-corrected chi connectivity index (χ2v) is 8.53. The number of rotatable bonds is 2. The van der Waals surface area contributed by atoms with E-state index in [0.29, 0.717) is 0 Å². The average molecular weight is 383 g/mol. The molecule has 0 aromatic heterocycles. The zero-order valence-electron chi connectivity index (χ0n) is 16.1. The maximum absolute atomic E-state index is 2.30. The molecule has 3 aromatic carbocycles. The van der Waals surface area contributed by atoms with E-state index in [1.165, 1.54) is 59.8 Å². The molecule has 0 spiro atoms. The van der Waals surface area contributed by atoms with Gasteiger partial charge in [-0.15, -0.1) is 0 Å². The van der Waals surface area contributed by atoms with Crippen molar-refractivity contribution in [3.63, 3.8) is 0 Å². The van der Waals surface area contributed by atoms with Gasteiger partial charge in [0.2, 0.25) is 0 Å². The van der Waals surface area contributed by atoms with Gasteiger partial charge in [-0.05, 0) is 0 Å². The van der Waals surface area contributed by atoms with Gasteiger partial charge in [-0.2, -0.15) is 0 Å². The Bertz CT molecular complexity index is 842. The van der Waals surface area contributed by atoms with Crippen LogP contribution in [-0.4, -0.2) is 18.6 Å². The summed E-state index contributed by atoms with van der Waals surface area (Å²) >= 11 is 1.71. The summed E-state index contributed by atoms with van der Waals surface area (Å²) in [4.78, 5) is 0. The molecule has 2 radical (unpaired) electrons. The maximum atomic E-state index is 2.30. The molecule has 0 nitrogen and oxygen atoms in total. The third-order valence-electron chi connectivity index (χ3n) is 5.00. The summed E-state index contributed by atoms with van der Waals surface area (Å²) in [7, 11) is 0. The predicted molar refractivity (Wildman–Crippen MR) is 111 cm³/mol. The Morgan fingerprint density at radius 2 is 0.880 bits per heavy atom. The van der Waals surface area contributed by atoms with Gasteiger partial charge in [-0.25, -0.2) is 0 Å². The van der Waals surface area contributed by atoms with Crippen LogP contribution in [0.1, 0.15) is 33.4 Å². The molecule has 3 aromatic rings. The molecular formula is C24H25Ga. The Morgan fingerprint density at radius 1 is 0.560 bits per heavy atom. The van der Waals surface area contributed by atoms with Crippen LogP contribution in [-0.2, 0) is 0 Å². The molecule has 0 fully saturated rings. The van der Waals surface area contributed by atoms with Crippen molar-refractivity contribution >= 4 is 22.7 Å². The number of hydrogen-bond donors (Lipinski definition) is 0. The van der Waals surface area contributed by atoms with E-state index < -0.39 is 0 Å². The summed E-state index contributed by atoms with van der Waals surface area (Å²) in [5.74, 6) is 0. The normalized spacial score (nSPS) is 11.0. The van der Waals surface area contributed by atoms with E-state index >= 15 is 0 Å². The van der Waals surface area contributed by atoms with Gasteiger partial charge in [0, 0.05) is 0 Å². The van der Waals surface area contributed by atoms with Gasteiger partial charge >= 0.3 is 162 Å². The fourth-order valence-corrected chi connectivity index (χ4v) is 5.22. The number of benzene rings is 3. The van der Waals surface area contributed by atoms with Crippen molar-refractivity contribution in [1.82, 2.24) is 0 Å². The molecule has 0 atom stereocenters. The molecule has 3 rings (SSSR count). The first kappa shape index (κ1) is 18.1. The molecule has 0 aliphatic rings. The van der Waals surface area contributed by atoms with Crippen LogP contribution in [0, 0.1) is 41.5 Å². The monoisotopic (exact) mass is 382 g/mol. The summed E-state index contributed by atoms with van der Waals surface area (Å²) < 4.78 is 1.43. The predicted octanol–water partition coefficient (Wildman–Crippen LogP) is 5.66. The zero-order valence-corrected chi connectivity index (χ0v) is 18.5. The summed E-state index contributed by atoms with van der Waals surface area (Å²) in [5, 5.41) is 0. The van der Waals surface area contributed by atoms with E-state index in [9.17, 15) is 0 Å². The topological polar surface area (TPSA) is 0 Å². The molecule has 0 saturated carbocycles. The van der Waals surface area contributed by atoms with E-state index in [1.807, 2.05) is 0 Å². The average Bonchev–Trinajstić information content (AvgIpc) is 2.48. The third-order valence-corrected chi connectivity index (χ3v) is 6.30. The van der Waals surface area contributed by atoms with Crippen LogP contribution in [0.25, 0.3) is 22.3 Å². The van der Waals surface area contributed by atoms with E-state index in [4.69, 9.17) is 0 Å². The minimum absolute atomic E-state index is 1.34. The second-order valence-electron chi connectivity index (χ2n) is 7.31. The Morgan fingerprint density at radius 3 is 1.20 bits per heavy atom. The summed E-state index contributed by atoms with van der Waals surface area (Å²) in [6.07, 6.45) is 0. The fourth-order valence-electron chi connectivity index (χ4n) is 4.21. The van der Waals surface area contributed by atoms with Crippen molar-refractivity contribution in [2.24, 2.45) is 0 Å². The van der Waals surface area contributed by atoms with E-state index in [1.54, 1.807) is 18.6 Å². The van der Waals surface area contributed by atoms with Crippen LogP contribution in [0.3, 0.4) is 0 Å². The van der Waals surface area contributed by atoms with Crippen molar-refractivity contribution in [3.8, 4) is 22.3 Å². The Balaban J connectivity index is 2.28. The molecule has 0 unspecified atom stereocenters. The van der Waals surface area contributed by atoms with Gasteiger partial charge in [0.1, 0.15) is 0 Å². The minimum atomic E-state index is 1.34. The van der Waals surface area contributed by atoms with Crippen molar-refractivity contribution in [1.29, 1.82) is 0 Å². The molecule has 0 amide bonds. The number of aryl methyl sites for hydroxylation is 6. The molecule has 0 aliphatic carbocycles. The van der Waals surface area contributed by atoms with Gasteiger partial charge < -0.3 is 0 Å². The summed E-state index contributed by atoms with van der Waals surface area (Å²) in [5.41, 5.74) is 13.7. The van der Waals surface area contributed by atoms with Crippen LogP contribution in [0.2, 0.25) is 0 Å². The van der Waals surface area contributed by atoms with Gasteiger partial charge in [0.15, 0.2) is 0 Å². The number of hydrogen-bond acceptors (Lipinski definition) is 0. The first-order chi connectivity index (χ1) is 11.8. The van der Waals surface area contributed by atoms with Gasteiger partial charge in [-0.1, -0.05) is 0 Å². The van der Waals surface area contributed by atoms with Crippen molar-refractivity contribution in [2.75, 3.05) is 0 Å². The van der Waals surface area contributed by atoms with Gasteiger partial charge in [0.05, 0.1) is 0 Å². The first-order valence-electron chi connectivity index (χ1n) is 8.84. The van der Waals surface area contributed by atoms with E-state index in [-0.39, 0.29) is 0 Å². The molecule has 0 N–H and O–H groups in total. The first-order valence-corrected chi connectivity index (χ1v) is 10.1. The van der Waals surface area contributed by atoms with Crippen molar-refractivity contribution < 1.29 is 0 Å². The molecule has 0 saturated heterocycles. The van der Waals surface area contributed by atoms with Crippen LogP contribution in [0.5, 0.6) is 0 Å². The molecule has 0 bridgehead atoms. The van der Waals surface area contributed by atoms with Crippen molar-refractivity contribution in [2.45, 2.75) is 41.5 Å². The van der Waals surface area contributed by atoms with Crippen molar-refractivity contribution in [3.05, 3.63) is 75.8 Å². The van der Waals surface area contributed by atoms with Crippen LogP contribution in [0.15, 0.2) is 42.5 Å². The molecule has 0 heterocycles. The van der Waals surface area contributed by atoms with Crippen LogP contribution >= 0.6 is 0 Å². The fraction of sp³-hybridized carbons (Fsp3) is 0.250.